The second kappa shape index (κ2) is 9.45. The molecule has 0 radical (unpaired) electrons. The maximum atomic E-state index is 12.0. The summed E-state index contributed by atoms with van der Waals surface area (Å²) in [6.07, 6.45) is 2.67. The lowest BCUT2D eigenvalue weighted by Crippen LogP contribution is -2.41. The second-order valence-corrected chi connectivity index (χ2v) is 13.0. The van der Waals surface area contributed by atoms with Gasteiger partial charge in [-0.1, -0.05) is 74.5 Å². The van der Waals surface area contributed by atoms with E-state index in [0.717, 1.165) is 32.2 Å². The lowest BCUT2D eigenvalue weighted by Gasteiger charge is -2.37. The van der Waals surface area contributed by atoms with Crippen LogP contribution in [0.4, 0.5) is 0 Å². The second-order valence-electron chi connectivity index (χ2n) is 8.56. The number of rotatable bonds is 10. The molecule has 0 spiro atoms. The highest BCUT2D eigenvalue weighted by Gasteiger charge is 2.38. The van der Waals surface area contributed by atoms with E-state index in [2.05, 4.69) is 43.0 Å². The molecular formula is C23H33NO2Si. The molecule has 0 unspecified atom stereocenters. The van der Waals surface area contributed by atoms with E-state index in [1.54, 1.807) is 0 Å². The summed E-state index contributed by atoms with van der Waals surface area (Å²) in [7, 11) is -2.28. The van der Waals surface area contributed by atoms with Crippen LogP contribution in [-0.2, 0) is 17.9 Å². The molecule has 2 aromatic carbocycles. The van der Waals surface area contributed by atoms with Crippen LogP contribution in [0.5, 0.6) is 0 Å². The minimum Gasteiger partial charge on any atom is -0.432 e. The van der Waals surface area contributed by atoms with Crippen LogP contribution >= 0.6 is 0 Å². The van der Waals surface area contributed by atoms with Crippen LogP contribution < -0.4 is 0 Å². The lowest BCUT2D eigenvalue weighted by molar-refractivity contribution is -0.113. The zero-order valence-corrected chi connectivity index (χ0v) is 18.1. The first-order valence-corrected chi connectivity index (χ1v) is 12.7. The fraction of sp³-hybridized carbons (Fsp3) is 0.435. The zero-order valence-electron chi connectivity index (χ0n) is 17.1. The summed E-state index contributed by atoms with van der Waals surface area (Å²) in [4.78, 5) is 24.8. The van der Waals surface area contributed by atoms with E-state index >= 15 is 0 Å². The van der Waals surface area contributed by atoms with E-state index in [-0.39, 0.29) is 11.1 Å². The van der Waals surface area contributed by atoms with Gasteiger partial charge in [-0.15, -0.1) is 0 Å². The molecule has 0 aliphatic carbocycles. The largest absolute Gasteiger partial charge is 0.432 e. The number of benzene rings is 2. The molecule has 0 bridgehead atoms. The van der Waals surface area contributed by atoms with Crippen LogP contribution in [0.25, 0.3) is 0 Å². The molecule has 27 heavy (non-hydrogen) atoms. The van der Waals surface area contributed by atoms with E-state index in [0.29, 0.717) is 0 Å². The Kier molecular flexibility index (Phi) is 7.54. The van der Waals surface area contributed by atoms with Crippen LogP contribution in [0.3, 0.4) is 0 Å². The smallest absolute Gasteiger partial charge is 0.188 e. The molecule has 2 rings (SSSR count). The Bertz CT molecular complexity index is 654. The van der Waals surface area contributed by atoms with Crippen LogP contribution in [0.2, 0.25) is 18.1 Å². The Balaban J connectivity index is 2.17. The van der Waals surface area contributed by atoms with Crippen molar-refractivity contribution in [1.29, 1.82) is 0 Å². The fourth-order valence-corrected chi connectivity index (χ4v) is 3.83. The van der Waals surface area contributed by atoms with Gasteiger partial charge in [0.15, 0.2) is 8.32 Å². The van der Waals surface area contributed by atoms with Gasteiger partial charge < -0.3 is 9.59 Å². The van der Waals surface area contributed by atoms with Crippen molar-refractivity contribution in [3.8, 4) is 0 Å². The first kappa shape index (κ1) is 21.5. The van der Waals surface area contributed by atoms with E-state index < -0.39 is 8.32 Å². The third-order valence-corrected chi connectivity index (χ3v) is 9.37. The molecule has 0 aliphatic heterocycles. The fourth-order valence-electron chi connectivity index (χ4n) is 3.08. The molecule has 0 aliphatic rings. The summed E-state index contributed by atoms with van der Waals surface area (Å²) >= 11 is 0. The molecular weight excluding hydrogens is 350 g/mol. The van der Waals surface area contributed by atoms with Crippen molar-refractivity contribution in [2.45, 2.75) is 64.0 Å². The number of nitrogens with zero attached hydrogens (tertiary/aromatic N) is 1. The van der Waals surface area contributed by atoms with E-state index in [1.807, 2.05) is 49.5 Å². The van der Waals surface area contributed by atoms with Crippen molar-refractivity contribution in [3.05, 3.63) is 71.8 Å². The SMILES string of the molecule is CC(C)(CC[C@H](C=O)N(Cc1ccccc1)Cc1ccccc1)[Si](C)(C)O. The number of carbonyl (C=O) groups is 1. The molecule has 2 aromatic rings. The maximum Gasteiger partial charge on any atom is 0.188 e. The van der Waals surface area contributed by atoms with Gasteiger partial charge in [-0.25, -0.2) is 0 Å². The summed E-state index contributed by atoms with van der Waals surface area (Å²) in [5, 5.41) is -0.126. The molecule has 0 fully saturated rings. The summed E-state index contributed by atoms with van der Waals surface area (Å²) in [5.41, 5.74) is 2.41. The van der Waals surface area contributed by atoms with Crippen molar-refractivity contribution in [1.82, 2.24) is 4.90 Å². The van der Waals surface area contributed by atoms with E-state index in [9.17, 15) is 9.59 Å². The average Bonchev–Trinajstić information content (AvgIpc) is 2.63. The summed E-state index contributed by atoms with van der Waals surface area (Å²) in [5.74, 6) is 0. The average molecular weight is 384 g/mol. The Morgan fingerprint density at radius 2 is 1.41 bits per heavy atom. The van der Waals surface area contributed by atoms with Crippen molar-refractivity contribution < 1.29 is 9.59 Å². The highest BCUT2D eigenvalue weighted by atomic mass is 28.4. The molecule has 0 amide bonds. The minimum atomic E-state index is -2.28. The van der Waals surface area contributed by atoms with Crippen molar-refractivity contribution in [3.63, 3.8) is 0 Å². The number of hydrogen-bond donors (Lipinski definition) is 1. The molecule has 3 nitrogen and oxygen atoms in total. The third-order valence-electron chi connectivity index (χ3n) is 5.80. The van der Waals surface area contributed by atoms with Crippen molar-refractivity contribution >= 4 is 14.6 Å². The first-order chi connectivity index (χ1) is 12.7. The van der Waals surface area contributed by atoms with Gasteiger partial charge >= 0.3 is 0 Å². The van der Waals surface area contributed by atoms with Crippen LogP contribution in [0, 0.1) is 0 Å². The molecule has 0 heterocycles. The van der Waals surface area contributed by atoms with Gasteiger partial charge in [0.1, 0.15) is 6.29 Å². The van der Waals surface area contributed by atoms with Gasteiger partial charge in [0.25, 0.3) is 0 Å². The molecule has 1 N–H and O–H groups in total. The maximum absolute atomic E-state index is 12.0. The standard InChI is InChI=1S/C23H33NO2Si/c1-23(2,27(3,4)26)16-15-22(19-25)24(17-20-11-7-5-8-12-20)18-21-13-9-6-10-14-21/h5-14,19,22,26H,15-18H2,1-4H3/t22-/m1/s1. The van der Waals surface area contributed by atoms with Crippen molar-refractivity contribution in [2.75, 3.05) is 0 Å². The first-order valence-electron chi connectivity index (χ1n) is 9.72. The highest BCUT2D eigenvalue weighted by molar-refractivity contribution is 6.72. The van der Waals surface area contributed by atoms with Gasteiger partial charge in [0.05, 0.1) is 6.04 Å². The minimum absolute atomic E-state index is 0.126. The lowest BCUT2D eigenvalue weighted by atomic mass is 10.0. The number of hydrogen-bond acceptors (Lipinski definition) is 3. The van der Waals surface area contributed by atoms with Gasteiger partial charge in [0, 0.05) is 13.1 Å². The quantitative estimate of drug-likeness (QED) is 0.463. The molecule has 4 heteroatoms. The van der Waals surface area contributed by atoms with E-state index in [4.69, 9.17) is 0 Å². The molecule has 1 atom stereocenters. The topological polar surface area (TPSA) is 40.5 Å². The van der Waals surface area contributed by atoms with E-state index in [1.165, 1.54) is 11.1 Å². The van der Waals surface area contributed by atoms with Gasteiger partial charge in [0.2, 0.25) is 0 Å². The molecule has 0 aromatic heterocycles. The monoisotopic (exact) mass is 383 g/mol. The Labute approximate surface area is 165 Å². The van der Waals surface area contributed by atoms with Gasteiger partial charge in [-0.05, 0) is 42.1 Å². The normalized spacial score (nSPS) is 13.6. The Hall–Kier alpha value is -1.75. The third kappa shape index (κ3) is 6.42. The summed E-state index contributed by atoms with van der Waals surface area (Å²) < 4.78 is 0. The highest BCUT2D eigenvalue weighted by Crippen LogP contribution is 2.40. The predicted octanol–water partition coefficient (Wildman–Crippen LogP) is 5.01. The molecule has 0 saturated carbocycles. The van der Waals surface area contributed by atoms with Gasteiger partial charge in [-0.2, -0.15) is 0 Å². The van der Waals surface area contributed by atoms with Crippen molar-refractivity contribution in [2.24, 2.45) is 0 Å². The summed E-state index contributed by atoms with van der Waals surface area (Å²) in [6, 6.07) is 20.4. The Morgan fingerprint density at radius 1 is 0.963 bits per heavy atom. The Morgan fingerprint density at radius 3 is 1.78 bits per heavy atom. The van der Waals surface area contributed by atoms with Crippen LogP contribution in [0.1, 0.15) is 37.8 Å². The van der Waals surface area contributed by atoms with Crippen LogP contribution in [-0.4, -0.2) is 30.3 Å². The predicted molar refractivity (Wildman–Crippen MR) is 115 cm³/mol. The zero-order chi connectivity index (χ0) is 19.9. The molecule has 146 valence electrons. The number of aldehydes is 1. The van der Waals surface area contributed by atoms with Crippen LogP contribution in [0.15, 0.2) is 60.7 Å². The molecule has 0 saturated heterocycles. The number of carbonyl (C=O) groups excluding carboxylic acids is 1. The van der Waals surface area contributed by atoms with Gasteiger partial charge in [-0.3, -0.25) is 4.90 Å². The summed E-state index contributed by atoms with van der Waals surface area (Å²) in [6.45, 7) is 9.68.